The molecule has 0 saturated heterocycles. The molecule has 0 spiro atoms. The van der Waals surface area contributed by atoms with Crippen LogP contribution in [0.1, 0.15) is 16.7 Å². The molecule has 6 heteroatoms. The zero-order valence-corrected chi connectivity index (χ0v) is 78.2. The highest BCUT2D eigenvalue weighted by Crippen LogP contribution is 2.53. The Kier molecular flexibility index (Phi) is 17.7. The first-order valence-corrected chi connectivity index (χ1v) is 49.5. The van der Waals surface area contributed by atoms with Crippen LogP contribution in [-0.4, -0.2) is 13.7 Å². The van der Waals surface area contributed by atoms with E-state index in [1.165, 1.54) is 218 Å². The van der Waals surface area contributed by atoms with Crippen molar-refractivity contribution < 1.29 is 0 Å². The molecule has 29 aromatic carbocycles. The predicted molar refractivity (Wildman–Crippen MR) is 609 cm³/mol. The van der Waals surface area contributed by atoms with E-state index in [0.29, 0.717) is 16.7 Å². The minimum Gasteiger partial charge on any atom is -0.309 e. The van der Waals surface area contributed by atoms with Crippen LogP contribution in [0.15, 0.2) is 473 Å². The monoisotopic (exact) mass is 1830 g/mol. The van der Waals surface area contributed by atoms with Crippen molar-refractivity contribution in [1.82, 2.24) is 13.7 Å². The first-order valence-electron chi connectivity index (χ1n) is 49.5. The van der Waals surface area contributed by atoms with Crippen LogP contribution >= 0.6 is 0 Å². The van der Waals surface area contributed by atoms with Gasteiger partial charge in [0.25, 0.3) is 0 Å². The van der Waals surface area contributed by atoms with Gasteiger partial charge >= 0.3 is 0 Å². The summed E-state index contributed by atoms with van der Waals surface area (Å²) in [7, 11) is 0. The maximum absolute atomic E-state index is 9.99. The number of nitriles is 3. The van der Waals surface area contributed by atoms with Crippen LogP contribution in [0.25, 0.3) is 300 Å². The molecule has 0 bridgehead atoms. The number of benzene rings is 29. The number of rotatable bonds is 10. The fourth-order valence-corrected chi connectivity index (χ4v) is 25.0. The predicted octanol–water partition coefficient (Wildman–Crippen LogP) is 37.3. The number of fused-ring (bicyclic) bond motifs is 1. The van der Waals surface area contributed by atoms with E-state index in [-0.39, 0.29) is 0 Å². The summed E-state index contributed by atoms with van der Waals surface area (Å²) in [6.07, 6.45) is 0. The van der Waals surface area contributed by atoms with Crippen molar-refractivity contribution in [2.24, 2.45) is 0 Å². The van der Waals surface area contributed by atoms with Crippen LogP contribution in [0.3, 0.4) is 0 Å². The first-order chi connectivity index (χ1) is 71.8. The third-order valence-corrected chi connectivity index (χ3v) is 31.5. The van der Waals surface area contributed by atoms with Crippen LogP contribution < -0.4 is 0 Å². The van der Waals surface area contributed by atoms with E-state index in [0.717, 1.165) is 82.5 Å². The van der Waals surface area contributed by atoms with E-state index in [1.807, 2.05) is 30.3 Å². The summed E-state index contributed by atoms with van der Waals surface area (Å²) in [5, 5.41) is 69.3. The summed E-state index contributed by atoms with van der Waals surface area (Å²) in [6.45, 7) is 0. The van der Waals surface area contributed by atoms with Crippen molar-refractivity contribution >= 4 is 205 Å². The molecule has 0 fully saturated rings. The second kappa shape index (κ2) is 31.6. The Hall–Kier alpha value is -19.8. The summed E-state index contributed by atoms with van der Waals surface area (Å²) < 4.78 is 7.02. The Morgan fingerprint density at radius 1 is 0.131 bits per heavy atom. The van der Waals surface area contributed by atoms with Crippen LogP contribution in [0, 0.1) is 34.0 Å². The van der Waals surface area contributed by atoms with E-state index in [2.05, 4.69) is 475 Å². The molecular formula is C139H78N6. The zero-order valence-electron chi connectivity index (χ0n) is 78.2. The quantitative estimate of drug-likeness (QED) is 0.128. The maximum Gasteiger partial charge on any atom is 0.0998 e. The van der Waals surface area contributed by atoms with Crippen LogP contribution in [0.5, 0.6) is 0 Å². The number of nitrogens with zero attached hydrogens (tertiary/aromatic N) is 6. The number of para-hydroxylation sites is 3. The summed E-state index contributed by atoms with van der Waals surface area (Å²) in [4.78, 5) is 0. The standard InChI is InChI=1S/C49H28N2.C47H26N2.C43H24N2/c50-29-35-19-27-44-48-40(35)24-25-43-39(26-28-45(49(43)48)51(44)36-9-5-2-6-10-36)32-13-11-31(12-14-32)38-21-16-34-17-22-41-37(30-7-3-1-4-8-30)20-15-33-18-23-42(38)47(34)46(33)41;48-27-34-17-23-42-47-39(34)20-16-33-25-35(26-43(46(33)47)49(42)36-8-2-1-3-9-36)38-19-13-30-14-21-40-37(18-12-29-15-22-41(38)45(30)44(29)40)32-11-10-28-6-4-5-7-31(28)24-32;44-25-31-17-23-38-42-35(31)20-21-37-34(22-24-39(43(37)42)45(38)32-7-2-1-3-8-32)27-11-9-26(10-12-27)33-18-15-30-14-13-28-5-4-6-29-16-19-36(33)41(30)40(28)29/h1-28H;1-26H;1-24H. The van der Waals surface area contributed by atoms with Crippen molar-refractivity contribution in [2.75, 3.05) is 0 Å². The molecule has 0 unspecified atom stereocenters. The number of aromatic nitrogens is 3. The van der Waals surface area contributed by atoms with Gasteiger partial charge in [-0.2, -0.15) is 15.8 Å². The summed E-state index contributed by atoms with van der Waals surface area (Å²) in [6, 6.07) is 179. The van der Waals surface area contributed by atoms with Gasteiger partial charge in [-0.15, -0.1) is 0 Å². The Morgan fingerprint density at radius 2 is 0.366 bits per heavy atom. The highest BCUT2D eigenvalue weighted by atomic mass is 15.0. The minimum absolute atomic E-state index is 0.704. The van der Waals surface area contributed by atoms with Gasteiger partial charge in [-0.05, 0) is 305 Å². The molecule has 0 saturated carbocycles. The van der Waals surface area contributed by atoms with Gasteiger partial charge in [0, 0.05) is 65.5 Å². The lowest BCUT2D eigenvalue weighted by atomic mass is 9.86. The maximum atomic E-state index is 9.99. The summed E-state index contributed by atoms with van der Waals surface area (Å²) >= 11 is 0. The van der Waals surface area contributed by atoms with Gasteiger partial charge in [-0.3, -0.25) is 0 Å². The van der Waals surface area contributed by atoms with Crippen molar-refractivity contribution in [2.45, 2.75) is 0 Å². The molecule has 3 heterocycles. The first kappa shape index (κ1) is 81.2. The van der Waals surface area contributed by atoms with Gasteiger partial charge in [-0.1, -0.05) is 370 Å². The topological polar surface area (TPSA) is 86.2 Å². The van der Waals surface area contributed by atoms with Crippen molar-refractivity contribution in [1.29, 1.82) is 15.8 Å². The third-order valence-electron chi connectivity index (χ3n) is 31.5. The van der Waals surface area contributed by atoms with Gasteiger partial charge in [0.05, 0.1) is 68.0 Å². The van der Waals surface area contributed by atoms with E-state index < -0.39 is 0 Å². The van der Waals surface area contributed by atoms with E-state index in [9.17, 15) is 15.8 Å². The molecule has 0 atom stereocenters. The molecule has 32 aromatic rings. The Balaban J connectivity index is 0.000000101. The molecule has 0 radical (unpaired) electrons. The smallest absolute Gasteiger partial charge is 0.0998 e. The minimum atomic E-state index is 0.704. The Labute approximate surface area is 831 Å². The second-order valence-corrected chi connectivity index (χ2v) is 38.8. The molecule has 0 amide bonds. The Morgan fingerprint density at radius 3 is 0.759 bits per heavy atom. The number of hydrogen-bond acceptors (Lipinski definition) is 3. The molecule has 3 aromatic heterocycles. The third kappa shape index (κ3) is 12.1. The lowest BCUT2D eigenvalue weighted by molar-refractivity contribution is 1.18. The molecule has 145 heavy (non-hydrogen) atoms. The van der Waals surface area contributed by atoms with Gasteiger partial charge in [0.2, 0.25) is 0 Å². The molecule has 6 nitrogen and oxygen atoms in total. The van der Waals surface area contributed by atoms with Crippen LogP contribution in [0.2, 0.25) is 0 Å². The molecule has 0 aliphatic heterocycles. The van der Waals surface area contributed by atoms with Gasteiger partial charge < -0.3 is 13.7 Å². The van der Waals surface area contributed by atoms with E-state index >= 15 is 0 Å². The highest BCUT2D eigenvalue weighted by Gasteiger charge is 2.28. The molecule has 664 valence electrons. The molecule has 0 N–H and O–H groups in total. The van der Waals surface area contributed by atoms with E-state index in [4.69, 9.17) is 0 Å². The molecule has 32 rings (SSSR count). The molecular weight excluding hydrogens is 1750 g/mol. The lowest BCUT2D eigenvalue weighted by Gasteiger charge is -2.17. The average molecular weight is 1830 g/mol. The lowest BCUT2D eigenvalue weighted by Crippen LogP contribution is -1.94. The molecule has 0 aliphatic carbocycles. The van der Waals surface area contributed by atoms with Crippen LogP contribution in [0.4, 0.5) is 0 Å². The normalized spacial score (nSPS) is 12.0. The van der Waals surface area contributed by atoms with Crippen molar-refractivity contribution in [3.63, 3.8) is 0 Å². The largest absolute Gasteiger partial charge is 0.309 e. The van der Waals surface area contributed by atoms with Gasteiger partial charge in [0.1, 0.15) is 0 Å². The second-order valence-electron chi connectivity index (χ2n) is 38.8. The summed E-state index contributed by atoms with van der Waals surface area (Å²) in [5.41, 5.74) is 29.3. The van der Waals surface area contributed by atoms with Crippen LogP contribution in [-0.2, 0) is 0 Å². The molecule has 0 aliphatic rings. The SMILES string of the molecule is N#Cc1ccc2c3c1ccc1c(-c4ccc(-c5ccc6ccc7c(-c8ccccc8)ccc8ccc5c6c87)cc4)ccc(c13)n2-c1ccccc1.N#Cc1ccc2c3c1ccc1c(-c4ccc(-c5ccc6ccc7cccc8ccc5c6c78)cc4)ccc(c13)n2-c1ccccc1.N#Cc1ccc2c3c1ccc1cc(-c4ccc5ccc6c(-c7ccc8ccccc8c7)ccc7ccc4c5c76)cc(c13)n2-c1ccccc1. The van der Waals surface area contributed by atoms with Crippen molar-refractivity contribution in [3.8, 4) is 113 Å². The Bertz CT molecular complexity index is 11100. The van der Waals surface area contributed by atoms with Crippen molar-refractivity contribution in [3.05, 3.63) is 490 Å². The fraction of sp³-hybridized carbons (Fsp3) is 0. The zero-order chi connectivity index (χ0) is 95.5. The highest BCUT2D eigenvalue weighted by molar-refractivity contribution is 6.34. The van der Waals surface area contributed by atoms with Gasteiger partial charge in [0.15, 0.2) is 0 Å². The van der Waals surface area contributed by atoms with Gasteiger partial charge in [-0.25, -0.2) is 0 Å². The fourth-order valence-electron chi connectivity index (χ4n) is 25.0. The summed E-state index contributed by atoms with van der Waals surface area (Å²) in [5.74, 6) is 0. The van der Waals surface area contributed by atoms with E-state index in [1.54, 1.807) is 0 Å². The average Bonchev–Trinajstić information content (AvgIpc) is 1.58. The number of hydrogen-bond donors (Lipinski definition) is 0.